The van der Waals surface area contributed by atoms with E-state index in [0.29, 0.717) is 16.8 Å². The highest BCUT2D eigenvalue weighted by Crippen LogP contribution is 2.32. The molecule has 216 valence electrons. The number of hydrogen-bond acceptors (Lipinski definition) is 8. The molecule has 1 aliphatic rings. The number of hydrogen-bond donors (Lipinski definition) is 7. The van der Waals surface area contributed by atoms with Crippen molar-refractivity contribution >= 4 is 46.8 Å². The molecule has 0 aromatic heterocycles. The Hall–Kier alpha value is -5.11. The molecule has 0 bridgehead atoms. The zero-order valence-corrected chi connectivity index (χ0v) is 22.2. The minimum absolute atomic E-state index is 0.0111. The molecule has 3 amide bonds. The number of nitrogens with one attached hydrogen (secondary N) is 3. The lowest BCUT2D eigenvalue weighted by molar-refractivity contribution is -0.160. The summed E-state index contributed by atoms with van der Waals surface area (Å²) in [6, 6.07) is 12.0. The van der Waals surface area contributed by atoms with Crippen LogP contribution in [0.4, 0.5) is 5.69 Å². The largest absolute Gasteiger partial charge is 0.480 e. The monoisotopic (exact) mass is 564 g/mol. The van der Waals surface area contributed by atoms with Crippen LogP contribution in [0.15, 0.2) is 48.5 Å². The summed E-state index contributed by atoms with van der Waals surface area (Å²) in [4.78, 5) is 67.0. The van der Waals surface area contributed by atoms with E-state index < -0.39 is 48.1 Å². The van der Waals surface area contributed by atoms with E-state index in [0.717, 1.165) is 9.80 Å². The fraction of sp³-hybridized carbons (Fsp3) is 0.296. The number of nitrogens with two attached hydrogens (primary N) is 3. The molecule has 1 unspecified atom stereocenters. The van der Waals surface area contributed by atoms with Gasteiger partial charge in [-0.25, -0.2) is 0 Å². The first kappa shape index (κ1) is 30.4. The number of piperazine rings is 1. The fourth-order valence-corrected chi connectivity index (χ4v) is 4.71. The smallest absolute Gasteiger partial charge is 0.323 e. The molecule has 0 radical (unpaired) electrons. The predicted molar refractivity (Wildman–Crippen MR) is 149 cm³/mol. The SMILES string of the molecule is N=C(N)c1ccc(NC(=O)CCCC2(C(=O)CN)C(=O)N(CC(=O)O)CCN2C(=O)c2ccc(C(=N)N)cc2)cc1. The lowest BCUT2D eigenvalue weighted by Crippen LogP contribution is -2.72. The van der Waals surface area contributed by atoms with Gasteiger partial charge in [-0.05, 0) is 49.2 Å². The molecule has 14 heteroatoms. The van der Waals surface area contributed by atoms with Gasteiger partial charge in [-0.15, -0.1) is 0 Å². The number of amides is 3. The number of carboxylic acid groups (broad SMARTS) is 1. The molecule has 1 aliphatic heterocycles. The Bertz CT molecular complexity index is 1380. The maximum absolute atomic E-state index is 13.7. The highest BCUT2D eigenvalue weighted by molar-refractivity contribution is 6.16. The third-order valence-electron chi connectivity index (χ3n) is 6.78. The first-order chi connectivity index (χ1) is 19.4. The Balaban J connectivity index is 1.88. The highest BCUT2D eigenvalue weighted by atomic mass is 16.4. The number of carbonyl (C=O) groups is 5. The number of amidine groups is 2. The van der Waals surface area contributed by atoms with Gasteiger partial charge in [0.25, 0.3) is 11.8 Å². The average molecular weight is 565 g/mol. The maximum atomic E-state index is 13.7. The van der Waals surface area contributed by atoms with Gasteiger partial charge in [-0.2, -0.15) is 0 Å². The van der Waals surface area contributed by atoms with Crippen LogP contribution in [0.1, 0.15) is 40.7 Å². The molecule has 0 aliphatic carbocycles. The first-order valence-corrected chi connectivity index (χ1v) is 12.7. The van der Waals surface area contributed by atoms with E-state index in [4.69, 9.17) is 28.0 Å². The molecule has 1 atom stereocenters. The van der Waals surface area contributed by atoms with Crippen molar-refractivity contribution < 1.29 is 29.1 Å². The van der Waals surface area contributed by atoms with E-state index in [1.54, 1.807) is 24.3 Å². The molecule has 0 saturated carbocycles. The first-order valence-electron chi connectivity index (χ1n) is 12.7. The van der Waals surface area contributed by atoms with E-state index in [9.17, 15) is 29.1 Å². The van der Waals surface area contributed by atoms with E-state index in [-0.39, 0.29) is 49.6 Å². The number of Topliss-reactive ketones (excluding diaryl/α,β-unsaturated/α-hetero) is 1. The number of ketones is 1. The van der Waals surface area contributed by atoms with Gasteiger partial charge < -0.3 is 37.4 Å². The zero-order valence-electron chi connectivity index (χ0n) is 22.2. The van der Waals surface area contributed by atoms with Gasteiger partial charge >= 0.3 is 5.97 Å². The normalized spacial score (nSPS) is 16.7. The Morgan fingerprint density at radius 2 is 1.44 bits per heavy atom. The number of rotatable bonds is 12. The predicted octanol–water partition coefficient (Wildman–Crippen LogP) is -0.301. The van der Waals surface area contributed by atoms with Crippen LogP contribution in [-0.2, 0) is 19.2 Å². The Kier molecular flexibility index (Phi) is 9.52. The molecule has 14 nitrogen and oxygen atoms in total. The second kappa shape index (κ2) is 12.8. The summed E-state index contributed by atoms with van der Waals surface area (Å²) < 4.78 is 0. The average Bonchev–Trinajstić information content (AvgIpc) is 2.94. The van der Waals surface area contributed by atoms with Gasteiger partial charge in [0.05, 0.1) is 6.54 Å². The van der Waals surface area contributed by atoms with Crippen molar-refractivity contribution in [3.8, 4) is 0 Å². The number of benzene rings is 2. The van der Waals surface area contributed by atoms with Gasteiger partial charge in [0.1, 0.15) is 18.2 Å². The second-order valence-electron chi connectivity index (χ2n) is 9.45. The summed E-state index contributed by atoms with van der Waals surface area (Å²) in [7, 11) is 0. The molecule has 41 heavy (non-hydrogen) atoms. The van der Waals surface area contributed by atoms with Crippen LogP contribution in [0.3, 0.4) is 0 Å². The fourth-order valence-electron chi connectivity index (χ4n) is 4.71. The number of anilines is 1. The van der Waals surface area contributed by atoms with Gasteiger partial charge in [0.2, 0.25) is 5.91 Å². The van der Waals surface area contributed by atoms with Gasteiger partial charge in [0.15, 0.2) is 11.3 Å². The summed E-state index contributed by atoms with van der Waals surface area (Å²) >= 11 is 0. The second-order valence-corrected chi connectivity index (χ2v) is 9.45. The summed E-state index contributed by atoms with van der Waals surface area (Å²) in [5, 5.41) is 27.0. The molecular formula is C27H32N8O6. The van der Waals surface area contributed by atoms with Crippen LogP contribution < -0.4 is 22.5 Å². The van der Waals surface area contributed by atoms with Gasteiger partial charge in [-0.3, -0.25) is 34.8 Å². The summed E-state index contributed by atoms with van der Waals surface area (Å²) in [5.41, 5.74) is 15.9. The van der Waals surface area contributed by atoms with E-state index >= 15 is 0 Å². The number of carbonyl (C=O) groups excluding carboxylic acids is 4. The minimum Gasteiger partial charge on any atom is -0.480 e. The van der Waals surface area contributed by atoms with Crippen LogP contribution in [-0.4, -0.2) is 87.8 Å². The lowest BCUT2D eigenvalue weighted by Gasteiger charge is -2.48. The molecule has 2 aromatic rings. The van der Waals surface area contributed by atoms with Crippen LogP contribution >= 0.6 is 0 Å². The Labute approximate surface area is 235 Å². The molecule has 1 fully saturated rings. The van der Waals surface area contributed by atoms with E-state index in [1.807, 2.05) is 0 Å². The zero-order chi connectivity index (χ0) is 30.3. The maximum Gasteiger partial charge on any atom is 0.323 e. The van der Waals surface area contributed by atoms with Crippen molar-refractivity contribution in [1.29, 1.82) is 10.8 Å². The van der Waals surface area contributed by atoms with Gasteiger partial charge in [-0.1, -0.05) is 12.1 Å². The topological polar surface area (TPSA) is 250 Å². The number of nitrogens with zero attached hydrogens (tertiary/aromatic N) is 2. The van der Waals surface area contributed by atoms with Crippen molar-refractivity contribution in [3.05, 3.63) is 65.2 Å². The van der Waals surface area contributed by atoms with E-state index in [2.05, 4.69) is 5.32 Å². The van der Waals surface area contributed by atoms with Crippen LogP contribution in [0.2, 0.25) is 0 Å². The van der Waals surface area contributed by atoms with Crippen molar-refractivity contribution in [3.63, 3.8) is 0 Å². The van der Waals surface area contributed by atoms with Crippen molar-refractivity contribution in [1.82, 2.24) is 9.80 Å². The Morgan fingerprint density at radius 1 is 0.902 bits per heavy atom. The van der Waals surface area contributed by atoms with Crippen LogP contribution in [0.5, 0.6) is 0 Å². The highest BCUT2D eigenvalue weighted by Gasteiger charge is 2.55. The molecule has 2 aromatic carbocycles. The molecular weight excluding hydrogens is 532 g/mol. The van der Waals surface area contributed by atoms with Crippen molar-refractivity contribution in [2.75, 3.05) is 31.5 Å². The standard InChI is InChI=1S/C27H32N8O6/c28-14-20(36)27(11-1-2-21(37)33-19-9-7-17(8-10-19)24(31)32)26(41)34(15-22(38)39)12-13-35(27)25(40)18-5-3-16(4-6-18)23(29)30/h3-10H,1-2,11-15,28H2,(H3,29,30)(H3,31,32)(H,33,37)(H,38,39). The molecule has 3 rings (SSSR count). The summed E-state index contributed by atoms with van der Waals surface area (Å²) in [5.74, 6) is -4.38. The van der Waals surface area contributed by atoms with Crippen LogP contribution in [0.25, 0.3) is 0 Å². The molecule has 10 N–H and O–H groups in total. The molecule has 1 heterocycles. The van der Waals surface area contributed by atoms with Crippen LogP contribution in [0, 0.1) is 10.8 Å². The number of aliphatic carboxylic acids is 1. The van der Waals surface area contributed by atoms with E-state index in [1.165, 1.54) is 24.3 Å². The summed E-state index contributed by atoms with van der Waals surface area (Å²) in [6.45, 7) is -1.55. The molecule has 0 spiro atoms. The number of carboxylic acids is 1. The quantitative estimate of drug-likeness (QED) is 0.101. The van der Waals surface area contributed by atoms with Crippen molar-refractivity contribution in [2.24, 2.45) is 17.2 Å². The lowest BCUT2D eigenvalue weighted by atomic mass is 9.81. The minimum atomic E-state index is -2.12. The van der Waals surface area contributed by atoms with Crippen molar-refractivity contribution in [2.45, 2.75) is 24.8 Å². The number of nitrogen functional groups attached to an aromatic ring is 2. The summed E-state index contributed by atoms with van der Waals surface area (Å²) in [6.07, 6.45) is -0.412. The third-order valence-corrected chi connectivity index (χ3v) is 6.78. The van der Waals surface area contributed by atoms with Gasteiger partial charge in [0, 0.05) is 41.9 Å². The Morgan fingerprint density at radius 3 is 1.95 bits per heavy atom. The molecule has 1 saturated heterocycles. The third kappa shape index (κ3) is 6.73.